The Bertz CT molecular complexity index is 1470. The summed E-state index contributed by atoms with van der Waals surface area (Å²) in [5, 5.41) is 3.81. The molecule has 0 aliphatic carbocycles. The van der Waals surface area contributed by atoms with Crippen molar-refractivity contribution < 1.29 is 22.7 Å². The highest BCUT2D eigenvalue weighted by Crippen LogP contribution is 2.30. The van der Waals surface area contributed by atoms with Gasteiger partial charge in [0.05, 0.1) is 17.7 Å². The Labute approximate surface area is 262 Å². The van der Waals surface area contributed by atoms with Gasteiger partial charge in [0.25, 0.3) is 10.0 Å². The second-order valence-corrected chi connectivity index (χ2v) is 12.6. The van der Waals surface area contributed by atoms with Crippen molar-refractivity contribution in [3.63, 3.8) is 0 Å². The smallest absolute Gasteiger partial charge is 0.264 e. The van der Waals surface area contributed by atoms with Crippen LogP contribution in [0.1, 0.15) is 38.7 Å². The summed E-state index contributed by atoms with van der Waals surface area (Å²) in [7, 11) is -2.79. The SMILES string of the molecule is CCCCNC(=O)[C@H](CC)N(Cc1c(Cl)cccc1Cl)C(=O)CN(c1cccc(Cl)c1)S(=O)(=O)c1ccc(OC)cc1. The van der Waals surface area contributed by atoms with Crippen LogP contribution in [0.25, 0.3) is 0 Å². The van der Waals surface area contributed by atoms with Crippen molar-refractivity contribution in [2.45, 2.75) is 50.6 Å². The van der Waals surface area contributed by atoms with E-state index >= 15 is 0 Å². The number of amides is 2. The van der Waals surface area contributed by atoms with Crippen molar-refractivity contribution in [2.24, 2.45) is 0 Å². The number of methoxy groups -OCH3 is 1. The molecule has 1 N–H and O–H groups in total. The Morgan fingerprint density at radius 2 is 1.60 bits per heavy atom. The number of anilines is 1. The van der Waals surface area contributed by atoms with Gasteiger partial charge in [-0.2, -0.15) is 0 Å². The number of sulfonamides is 1. The summed E-state index contributed by atoms with van der Waals surface area (Å²) in [6.45, 7) is 3.51. The Kier molecular flexibility index (Phi) is 12.4. The van der Waals surface area contributed by atoms with Gasteiger partial charge in [0.1, 0.15) is 18.3 Å². The molecule has 3 aromatic carbocycles. The lowest BCUT2D eigenvalue weighted by Gasteiger charge is -2.33. The topological polar surface area (TPSA) is 96.0 Å². The fourth-order valence-electron chi connectivity index (χ4n) is 4.31. The first kappa shape index (κ1) is 33.5. The highest BCUT2D eigenvalue weighted by atomic mass is 35.5. The molecule has 0 aliphatic rings. The van der Waals surface area contributed by atoms with Gasteiger partial charge in [0, 0.05) is 33.7 Å². The van der Waals surface area contributed by atoms with Crippen LogP contribution < -0.4 is 14.4 Å². The number of hydrogen-bond donors (Lipinski definition) is 1. The minimum atomic E-state index is -4.26. The zero-order chi connectivity index (χ0) is 30.9. The van der Waals surface area contributed by atoms with E-state index in [1.54, 1.807) is 43.3 Å². The van der Waals surface area contributed by atoms with E-state index in [4.69, 9.17) is 39.5 Å². The molecule has 0 unspecified atom stereocenters. The van der Waals surface area contributed by atoms with Gasteiger partial charge < -0.3 is 15.0 Å². The van der Waals surface area contributed by atoms with E-state index in [9.17, 15) is 18.0 Å². The van der Waals surface area contributed by atoms with Crippen LogP contribution in [-0.4, -0.2) is 51.4 Å². The van der Waals surface area contributed by atoms with E-state index in [2.05, 4.69) is 5.32 Å². The van der Waals surface area contributed by atoms with Gasteiger partial charge in [-0.25, -0.2) is 8.42 Å². The maximum absolute atomic E-state index is 14.2. The van der Waals surface area contributed by atoms with Crippen molar-refractivity contribution in [3.8, 4) is 5.75 Å². The zero-order valence-corrected chi connectivity index (χ0v) is 26.7. The predicted molar refractivity (Wildman–Crippen MR) is 168 cm³/mol. The van der Waals surface area contributed by atoms with E-state index in [1.807, 2.05) is 6.92 Å². The number of hydrogen-bond acceptors (Lipinski definition) is 5. The van der Waals surface area contributed by atoms with Crippen molar-refractivity contribution in [2.75, 3.05) is 24.5 Å². The van der Waals surface area contributed by atoms with Gasteiger partial charge in [0.15, 0.2) is 0 Å². The van der Waals surface area contributed by atoms with Crippen molar-refractivity contribution in [3.05, 3.63) is 87.4 Å². The lowest BCUT2D eigenvalue weighted by atomic mass is 10.1. The standard InChI is InChI=1S/C30H34Cl3N3O5S/c1-4-6-17-34-30(38)28(5-2)35(19-25-26(32)11-8-12-27(25)33)29(37)20-36(22-10-7-9-21(31)18-22)42(39,40)24-15-13-23(41-3)14-16-24/h7-16,18,28H,4-6,17,19-20H2,1-3H3,(H,34,38)/t28-/m0/s1. The number of nitrogens with one attached hydrogen (secondary N) is 1. The first-order valence-electron chi connectivity index (χ1n) is 13.5. The number of rotatable bonds is 14. The molecule has 226 valence electrons. The number of benzene rings is 3. The largest absolute Gasteiger partial charge is 0.497 e. The minimum absolute atomic E-state index is 0.0545. The summed E-state index contributed by atoms with van der Waals surface area (Å²) in [6, 6.07) is 16.1. The Hall–Kier alpha value is -2.98. The fourth-order valence-corrected chi connectivity index (χ4v) is 6.42. The van der Waals surface area contributed by atoms with E-state index in [0.29, 0.717) is 27.9 Å². The van der Waals surface area contributed by atoms with Gasteiger partial charge in [-0.15, -0.1) is 0 Å². The zero-order valence-electron chi connectivity index (χ0n) is 23.6. The van der Waals surface area contributed by atoms with Crippen LogP contribution in [-0.2, 0) is 26.2 Å². The average Bonchev–Trinajstić information content (AvgIpc) is 2.97. The van der Waals surface area contributed by atoms with Crippen LogP contribution in [0.2, 0.25) is 15.1 Å². The van der Waals surface area contributed by atoms with Crippen LogP contribution in [0, 0.1) is 0 Å². The molecule has 3 aromatic rings. The van der Waals surface area contributed by atoms with Crippen LogP contribution >= 0.6 is 34.8 Å². The first-order chi connectivity index (χ1) is 20.0. The monoisotopic (exact) mass is 653 g/mol. The first-order valence-corrected chi connectivity index (χ1v) is 16.0. The molecule has 2 amide bonds. The molecule has 3 rings (SSSR count). The maximum atomic E-state index is 14.2. The molecular weight excluding hydrogens is 621 g/mol. The second kappa shape index (κ2) is 15.5. The lowest BCUT2D eigenvalue weighted by Crippen LogP contribution is -2.52. The molecule has 1 atom stereocenters. The summed E-state index contributed by atoms with van der Waals surface area (Å²) in [6.07, 6.45) is 1.93. The summed E-state index contributed by atoms with van der Waals surface area (Å²) in [4.78, 5) is 28.7. The predicted octanol–water partition coefficient (Wildman–Crippen LogP) is 6.57. The molecule has 0 spiro atoms. The van der Waals surface area contributed by atoms with Crippen LogP contribution in [0.3, 0.4) is 0 Å². The second-order valence-electron chi connectivity index (χ2n) is 9.46. The Balaban J connectivity index is 2.08. The van der Waals surface area contributed by atoms with Gasteiger partial charge in [-0.3, -0.25) is 13.9 Å². The minimum Gasteiger partial charge on any atom is -0.497 e. The van der Waals surface area contributed by atoms with Crippen molar-refractivity contribution >= 4 is 62.3 Å². The molecule has 42 heavy (non-hydrogen) atoms. The van der Waals surface area contributed by atoms with E-state index in [1.165, 1.54) is 42.3 Å². The van der Waals surface area contributed by atoms with Gasteiger partial charge >= 0.3 is 0 Å². The fraction of sp³-hybridized carbons (Fsp3) is 0.333. The van der Waals surface area contributed by atoms with E-state index in [-0.39, 0.29) is 34.5 Å². The quantitative estimate of drug-likeness (QED) is 0.198. The summed E-state index contributed by atoms with van der Waals surface area (Å²) in [5.41, 5.74) is 0.629. The molecule has 0 fully saturated rings. The third-order valence-corrected chi connectivity index (χ3v) is 9.36. The average molecular weight is 655 g/mol. The number of halogens is 3. The molecule has 0 saturated heterocycles. The van der Waals surface area contributed by atoms with Gasteiger partial charge in [-0.1, -0.05) is 67.2 Å². The van der Waals surface area contributed by atoms with Crippen LogP contribution in [0.5, 0.6) is 5.75 Å². The van der Waals surface area contributed by atoms with Gasteiger partial charge in [-0.05, 0) is 67.4 Å². The van der Waals surface area contributed by atoms with E-state index < -0.39 is 28.5 Å². The van der Waals surface area contributed by atoms with Crippen molar-refractivity contribution in [1.82, 2.24) is 10.2 Å². The highest BCUT2D eigenvalue weighted by molar-refractivity contribution is 7.92. The molecular formula is C30H34Cl3N3O5S. The summed E-state index contributed by atoms with van der Waals surface area (Å²) in [5.74, 6) is -0.502. The number of nitrogens with zero attached hydrogens (tertiary/aromatic N) is 2. The summed E-state index contributed by atoms with van der Waals surface area (Å²) >= 11 is 19.1. The van der Waals surface area contributed by atoms with Crippen molar-refractivity contribution in [1.29, 1.82) is 0 Å². The van der Waals surface area contributed by atoms with Gasteiger partial charge in [0.2, 0.25) is 11.8 Å². The molecule has 0 aromatic heterocycles. The number of unbranched alkanes of at least 4 members (excludes halogenated alkanes) is 1. The molecule has 8 nitrogen and oxygen atoms in total. The Morgan fingerprint density at radius 1 is 0.952 bits per heavy atom. The normalized spacial score (nSPS) is 12.0. The molecule has 12 heteroatoms. The van der Waals surface area contributed by atoms with Crippen LogP contribution in [0.15, 0.2) is 71.6 Å². The lowest BCUT2D eigenvalue weighted by molar-refractivity contribution is -0.140. The summed E-state index contributed by atoms with van der Waals surface area (Å²) < 4.78 is 34.1. The number of ether oxygens (including phenoxy) is 1. The number of carbonyl (C=O) groups excluding carboxylic acids is 2. The molecule has 0 bridgehead atoms. The molecule has 0 aliphatic heterocycles. The number of carbonyl (C=O) groups is 2. The molecule has 0 radical (unpaired) electrons. The molecule has 0 heterocycles. The molecule has 0 saturated carbocycles. The third kappa shape index (κ3) is 8.31. The van der Waals surface area contributed by atoms with E-state index in [0.717, 1.165) is 17.1 Å². The highest BCUT2D eigenvalue weighted by Gasteiger charge is 2.34. The Morgan fingerprint density at radius 3 is 2.17 bits per heavy atom. The third-order valence-electron chi connectivity index (χ3n) is 6.63. The maximum Gasteiger partial charge on any atom is 0.264 e. The van der Waals surface area contributed by atoms with Crippen LogP contribution in [0.4, 0.5) is 5.69 Å².